The number of nitrogens with one attached hydrogen (secondary N) is 2. The average molecular weight is 278 g/mol. The Kier molecular flexibility index (Phi) is 3.88. The molecule has 7 heteroatoms. The SMILES string of the molecule is COc1cc(NC(=O)C2CCC(=O)N2)ccc1C(=O)O. The zero-order valence-electron chi connectivity index (χ0n) is 10.8. The molecule has 0 radical (unpaired) electrons. The summed E-state index contributed by atoms with van der Waals surface area (Å²) in [5, 5.41) is 14.1. The number of methoxy groups -OCH3 is 1. The molecule has 1 heterocycles. The van der Waals surface area contributed by atoms with Gasteiger partial charge in [0.2, 0.25) is 11.8 Å². The molecule has 7 nitrogen and oxygen atoms in total. The van der Waals surface area contributed by atoms with Gasteiger partial charge in [0, 0.05) is 18.2 Å². The monoisotopic (exact) mass is 278 g/mol. The number of carbonyl (C=O) groups is 3. The van der Waals surface area contributed by atoms with E-state index < -0.39 is 12.0 Å². The maximum atomic E-state index is 11.9. The average Bonchev–Trinajstić information content (AvgIpc) is 2.85. The number of hydrogen-bond donors (Lipinski definition) is 3. The predicted octanol–water partition coefficient (Wildman–Crippen LogP) is 0.610. The summed E-state index contributed by atoms with van der Waals surface area (Å²) in [5.41, 5.74) is 0.428. The standard InChI is InChI=1S/C13H14N2O5/c1-20-10-6-7(2-3-8(10)13(18)19)14-12(17)9-4-5-11(16)15-9/h2-3,6,9H,4-5H2,1H3,(H,14,17)(H,15,16)(H,18,19). The highest BCUT2D eigenvalue weighted by Gasteiger charge is 2.27. The van der Waals surface area contributed by atoms with Crippen LogP contribution < -0.4 is 15.4 Å². The van der Waals surface area contributed by atoms with Crippen molar-refractivity contribution in [3.8, 4) is 5.75 Å². The lowest BCUT2D eigenvalue weighted by molar-refractivity contribution is -0.122. The molecule has 1 saturated heterocycles. The fourth-order valence-electron chi connectivity index (χ4n) is 1.99. The van der Waals surface area contributed by atoms with Gasteiger partial charge in [-0.25, -0.2) is 4.79 Å². The van der Waals surface area contributed by atoms with Crippen LogP contribution in [-0.4, -0.2) is 36.0 Å². The van der Waals surface area contributed by atoms with Crippen LogP contribution in [0.25, 0.3) is 0 Å². The normalized spacial score (nSPS) is 17.4. The van der Waals surface area contributed by atoms with Crippen LogP contribution in [-0.2, 0) is 9.59 Å². The molecular formula is C13H14N2O5. The second-order valence-corrected chi connectivity index (χ2v) is 4.37. The van der Waals surface area contributed by atoms with E-state index in [0.29, 0.717) is 18.5 Å². The van der Waals surface area contributed by atoms with Crippen LogP contribution in [0, 0.1) is 0 Å². The molecule has 0 bridgehead atoms. The van der Waals surface area contributed by atoms with Crippen molar-refractivity contribution < 1.29 is 24.2 Å². The molecule has 1 aromatic carbocycles. The van der Waals surface area contributed by atoms with Crippen LogP contribution >= 0.6 is 0 Å². The van der Waals surface area contributed by atoms with Gasteiger partial charge in [0.05, 0.1) is 7.11 Å². The Bertz CT molecular complexity index is 570. The molecule has 106 valence electrons. The maximum Gasteiger partial charge on any atom is 0.339 e. The van der Waals surface area contributed by atoms with Crippen LogP contribution in [0.5, 0.6) is 5.75 Å². The molecule has 1 atom stereocenters. The van der Waals surface area contributed by atoms with Crippen LogP contribution in [0.4, 0.5) is 5.69 Å². The minimum absolute atomic E-state index is 0.0136. The van der Waals surface area contributed by atoms with Gasteiger partial charge in [-0.2, -0.15) is 0 Å². The molecule has 0 aromatic heterocycles. The van der Waals surface area contributed by atoms with E-state index in [9.17, 15) is 14.4 Å². The third-order valence-electron chi connectivity index (χ3n) is 3.01. The summed E-state index contributed by atoms with van der Waals surface area (Å²) < 4.78 is 4.97. The van der Waals surface area contributed by atoms with E-state index in [1.807, 2.05) is 0 Å². The Labute approximate surface area is 114 Å². The number of carboxylic acids is 1. The maximum absolute atomic E-state index is 11.9. The number of carboxylic acid groups (broad SMARTS) is 1. The number of amides is 2. The topological polar surface area (TPSA) is 105 Å². The summed E-state index contributed by atoms with van der Waals surface area (Å²) in [4.78, 5) is 33.9. The van der Waals surface area contributed by atoms with E-state index in [0.717, 1.165) is 0 Å². The van der Waals surface area contributed by atoms with Gasteiger partial charge in [-0.3, -0.25) is 9.59 Å². The summed E-state index contributed by atoms with van der Waals surface area (Å²) >= 11 is 0. The molecular weight excluding hydrogens is 264 g/mol. The van der Waals surface area contributed by atoms with Crippen molar-refractivity contribution in [2.75, 3.05) is 12.4 Å². The summed E-state index contributed by atoms with van der Waals surface area (Å²) in [6.45, 7) is 0. The van der Waals surface area contributed by atoms with E-state index in [-0.39, 0.29) is 23.1 Å². The largest absolute Gasteiger partial charge is 0.496 e. The number of ether oxygens (including phenoxy) is 1. The first-order chi connectivity index (χ1) is 9.51. The Morgan fingerprint density at radius 1 is 1.45 bits per heavy atom. The first kappa shape index (κ1) is 13.9. The fourth-order valence-corrected chi connectivity index (χ4v) is 1.99. The Morgan fingerprint density at radius 3 is 2.75 bits per heavy atom. The molecule has 1 unspecified atom stereocenters. The van der Waals surface area contributed by atoms with Gasteiger partial charge < -0.3 is 20.5 Å². The van der Waals surface area contributed by atoms with Crippen molar-refractivity contribution in [3.05, 3.63) is 23.8 Å². The number of anilines is 1. The third-order valence-corrected chi connectivity index (χ3v) is 3.01. The molecule has 2 amide bonds. The van der Waals surface area contributed by atoms with Crippen molar-refractivity contribution in [1.29, 1.82) is 0 Å². The van der Waals surface area contributed by atoms with Crippen LogP contribution in [0.3, 0.4) is 0 Å². The summed E-state index contributed by atoms with van der Waals surface area (Å²) in [5.74, 6) is -1.43. The van der Waals surface area contributed by atoms with Gasteiger partial charge >= 0.3 is 5.97 Å². The Balaban J connectivity index is 2.11. The molecule has 1 aliphatic heterocycles. The van der Waals surface area contributed by atoms with Crippen molar-refractivity contribution in [3.63, 3.8) is 0 Å². The van der Waals surface area contributed by atoms with E-state index in [1.54, 1.807) is 0 Å². The van der Waals surface area contributed by atoms with E-state index in [4.69, 9.17) is 9.84 Å². The van der Waals surface area contributed by atoms with Crippen molar-refractivity contribution in [2.24, 2.45) is 0 Å². The van der Waals surface area contributed by atoms with E-state index in [2.05, 4.69) is 10.6 Å². The summed E-state index contributed by atoms with van der Waals surface area (Å²) in [6, 6.07) is 3.70. The number of rotatable bonds is 4. The first-order valence-electron chi connectivity index (χ1n) is 6.03. The highest BCUT2D eigenvalue weighted by molar-refractivity contribution is 5.99. The number of benzene rings is 1. The Hall–Kier alpha value is -2.57. The van der Waals surface area contributed by atoms with E-state index >= 15 is 0 Å². The molecule has 1 aliphatic rings. The van der Waals surface area contributed by atoms with Crippen molar-refractivity contribution in [2.45, 2.75) is 18.9 Å². The quantitative estimate of drug-likeness (QED) is 0.748. The van der Waals surface area contributed by atoms with Gasteiger partial charge in [-0.1, -0.05) is 0 Å². The molecule has 2 rings (SSSR count). The van der Waals surface area contributed by atoms with Gasteiger partial charge in [-0.05, 0) is 18.6 Å². The van der Waals surface area contributed by atoms with E-state index in [1.165, 1.54) is 25.3 Å². The van der Waals surface area contributed by atoms with Crippen LogP contribution in [0.15, 0.2) is 18.2 Å². The Morgan fingerprint density at radius 2 is 2.20 bits per heavy atom. The second-order valence-electron chi connectivity index (χ2n) is 4.37. The van der Waals surface area contributed by atoms with Crippen molar-refractivity contribution >= 4 is 23.5 Å². The van der Waals surface area contributed by atoms with Crippen LogP contribution in [0.2, 0.25) is 0 Å². The lowest BCUT2D eigenvalue weighted by Crippen LogP contribution is -2.37. The zero-order chi connectivity index (χ0) is 14.7. The minimum Gasteiger partial charge on any atom is -0.496 e. The number of aromatic carboxylic acids is 1. The van der Waals surface area contributed by atoms with Gasteiger partial charge in [0.1, 0.15) is 17.4 Å². The summed E-state index contributed by atoms with van der Waals surface area (Å²) in [6.07, 6.45) is 0.786. The molecule has 0 spiro atoms. The molecule has 20 heavy (non-hydrogen) atoms. The highest BCUT2D eigenvalue weighted by atomic mass is 16.5. The highest BCUT2D eigenvalue weighted by Crippen LogP contribution is 2.23. The number of hydrogen-bond acceptors (Lipinski definition) is 4. The molecule has 3 N–H and O–H groups in total. The van der Waals surface area contributed by atoms with Gasteiger partial charge in [0.25, 0.3) is 0 Å². The zero-order valence-corrected chi connectivity index (χ0v) is 10.8. The molecule has 1 fully saturated rings. The predicted molar refractivity (Wildman–Crippen MR) is 69.7 cm³/mol. The molecule has 0 aliphatic carbocycles. The lowest BCUT2D eigenvalue weighted by atomic mass is 10.1. The first-order valence-corrected chi connectivity index (χ1v) is 6.03. The number of carbonyl (C=O) groups excluding carboxylic acids is 2. The smallest absolute Gasteiger partial charge is 0.339 e. The van der Waals surface area contributed by atoms with Crippen molar-refractivity contribution in [1.82, 2.24) is 5.32 Å². The van der Waals surface area contributed by atoms with Gasteiger partial charge in [0.15, 0.2) is 0 Å². The third kappa shape index (κ3) is 2.87. The molecule has 1 aromatic rings. The molecule has 0 saturated carbocycles. The van der Waals surface area contributed by atoms with Crippen LogP contribution in [0.1, 0.15) is 23.2 Å². The minimum atomic E-state index is -1.11. The second kappa shape index (κ2) is 5.60. The fraction of sp³-hybridized carbons (Fsp3) is 0.308. The summed E-state index contributed by atoms with van der Waals surface area (Å²) in [7, 11) is 1.35. The van der Waals surface area contributed by atoms with Gasteiger partial charge in [-0.15, -0.1) is 0 Å². The lowest BCUT2D eigenvalue weighted by Gasteiger charge is -2.12.